The minimum absolute atomic E-state index is 0.00800. The monoisotopic (exact) mass is 395 g/mol. The summed E-state index contributed by atoms with van der Waals surface area (Å²) in [5.74, 6) is -4.62. The van der Waals surface area contributed by atoms with E-state index in [4.69, 9.17) is 11.6 Å². The molecule has 27 heavy (non-hydrogen) atoms. The smallest absolute Gasteiger partial charge is 0.281 e. The number of fused-ring (bicyclic) bond motifs is 2. The number of benzene rings is 2. The second-order valence-electron chi connectivity index (χ2n) is 7.03. The summed E-state index contributed by atoms with van der Waals surface area (Å²) in [6.45, 7) is 0. The van der Waals surface area contributed by atoms with Crippen molar-refractivity contribution in [3.8, 4) is 6.07 Å². The first-order valence-corrected chi connectivity index (χ1v) is 8.87. The Hall–Kier alpha value is -2.10. The van der Waals surface area contributed by atoms with Crippen LogP contribution in [-0.4, -0.2) is 11.0 Å². The maximum Gasteiger partial charge on any atom is 0.281 e. The standard InChI is InChI=1S/C20H14ClF4NO/c21-15-3-1-11(14-7-20(24,25)19(27)18(14)15)12-2-4-16(23)13-6-10(22)5-9(8-26)17(12)13/h1,3,5-6,12,16,19,27H,2,4,7H2/t12-,16+,19+/m1/s1. The molecule has 0 saturated heterocycles. The van der Waals surface area contributed by atoms with Crippen LogP contribution in [0.5, 0.6) is 0 Å². The van der Waals surface area contributed by atoms with Crippen molar-refractivity contribution >= 4 is 11.6 Å². The molecule has 0 heterocycles. The first kappa shape index (κ1) is 18.3. The summed E-state index contributed by atoms with van der Waals surface area (Å²) in [5.41, 5.74) is 1.07. The van der Waals surface area contributed by atoms with Gasteiger partial charge in [-0.25, -0.2) is 17.6 Å². The summed E-state index contributed by atoms with van der Waals surface area (Å²) < 4.78 is 56.5. The Morgan fingerprint density at radius 1 is 1.15 bits per heavy atom. The zero-order chi connectivity index (χ0) is 19.5. The van der Waals surface area contributed by atoms with Crippen LogP contribution in [0.3, 0.4) is 0 Å². The van der Waals surface area contributed by atoms with Crippen molar-refractivity contribution in [3.05, 3.63) is 68.5 Å². The second-order valence-corrected chi connectivity index (χ2v) is 7.44. The molecule has 140 valence electrons. The number of nitriles is 1. The van der Waals surface area contributed by atoms with Gasteiger partial charge in [-0.15, -0.1) is 0 Å². The number of halogens is 5. The lowest BCUT2D eigenvalue weighted by atomic mass is 9.74. The molecule has 0 aliphatic heterocycles. The molecule has 0 bridgehead atoms. The van der Waals surface area contributed by atoms with E-state index in [1.54, 1.807) is 6.07 Å². The Morgan fingerprint density at radius 2 is 1.89 bits per heavy atom. The Kier molecular flexibility index (Phi) is 4.21. The highest BCUT2D eigenvalue weighted by Gasteiger charge is 2.49. The topological polar surface area (TPSA) is 44.0 Å². The Bertz CT molecular complexity index is 985. The predicted molar refractivity (Wildman–Crippen MR) is 91.1 cm³/mol. The van der Waals surface area contributed by atoms with Crippen LogP contribution < -0.4 is 0 Å². The van der Waals surface area contributed by atoms with Crippen molar-refractivity contribution in [2.24, 2.45) is 0 Å². The molecule has 0 spiro atoms. The number of aliphatic hydroxyl groups excluding tert-OH is 1. The van der Waals surface area contributed by atoms with E-state index in [9.17, 15) is 27.9 Å². The fraction of sp³-hybridized carbons (Fsp3) is 0.350. The van der Waals surface area contributed by atoms with Gasteiger partial charge in [0, 0.05) is 22.9 Å². The Labute approximate surface area is 158 Å². The van der Waals surface area contributed by atoms with Crippen LogP contribution >= 0.6 is 11.6 Å². The van der Waals surface area contributed by atoms with Gasteiger partial charge in [0.25, 0.3) is 5.92 Å². The van der Waals surface area contributed by atoms with Gasteiger partial charge in [0.1, 0.15) is 18.1 Å². The molecule has 0 radical (unpaired) electrons. The van der Waals surface area contributed by atoms with E-state index in [-0.39, 0.29) is 40.1 Å². The SMILES string of the molecule is N#Cc1cc(F)cc2c1[C@@H](c1ccc(Cl)c3c1CC(F)(F)[C@H]3O)CC[C@@H]2F. The lowest BCUT2D eigenvalue weighted by Crippen LogP contribution is -2.21. The molecular weight excluding hydrogens is 382 g/mol. The minimum atomic E-state index is -3.36. The summed E-state index contributed by atoms with van der Waals surface area (Å²) in [7, 11) is 0. The van der Waals surface area contributed by atoms with Crippen LogP contribution in [0.1, 0.15) is 64.4 Å². The number of hydrogen-bond acceptors (Lipinski definition) is 2. The highest BCUT2D eigenvalue weighted by molar-refractivity contribution is 6.31. The molecule has 2 nitrogen and oxygen atoms in total. The van der Waals surface area contributed by atoms with Crippen LogP contribution in [0.15, 0.2) is 24.3 Å². The van der Waals surface area contributed by atoms with Crippen molar-refractivity contribution < 1.29 is 22.7 Å². The number of aliphatic hydroxyl groups is 1. The van der Waals surface area contributed by atoms with Gasteiger partial charge in [0.05, 0.1) is 11.6 Å². The lowest BCUT2D eigenvalue weighted by molar-refractivity contribution is -0.0968. The van der Waals surface area contributed by atoms with Gasteiger partial charge < -0.3 is 5.11 Å². The Morgan fingerprint density at radius 3 is 2.59 bits per heavy atom. The minimum Gasteiger partial charge on any atom is -0.382 e. The van der Waals surface area contributed by atoms with Crippen molar-refractivity contribution in [2.45, 2.75) is 43.4 Å². The van der Waals surface area contributed by atoms with Crippen LogP contribution in [0, 0.1) is 17.1 Å². The molecule has 2 aromatic carbocycles. The Balaban J connectivity index is 1.94. The quantitative estimate of drug-likeness (QED) is 0.647. The molecule has 2 aliphatic rings. The van der Waals surface area contributed by atoms with Gasteiger partial charge in [-0.2, -0.15) is 5.26 Å². The molecule has 0 unspecified atom stereocenters. The molecule has 4 rings (SSSR count). The molecular formula is C20H14ClF4NO. The molecule has 0 saturated carbocycles. The summed E-state index contributed by atoms with van der Waals surface area (Å²) in [6.07, 6.45) is -3.76. The van der Waals surface area contributed by atoms with Gasteiger partial charge in [0.2, 0.25) is 0 Å². The fourth-order valence-electron chi connectivity index (χ4n) is 4.32. The van der Waals surface area contributed by atoms with E-state index < -0.39 is 36.4 Å². The van der Waals surface area contributed by atoms with Gasteiger partial charge in [-0.1, -0.05) is 17.7 Å². The molecule has 2 aliphatic carbocycles. The molecule has 0 amide bonds. The zero-order valence-electron chi connectivity index (χ0n) is 13.9. The van der Waals surface area contributed by atoms with Crippen LogP contribution in [0.25, 0.3) is 0 Å². The van der Waals surface area contributed by atoms with Crippen molar-refractivity contribution in [1.29, 1.82) is 5.26 Å². The largest absolute Gasteiger partial charge is 0.382 e. The molecule has 0 aromatic heterocycles. The average Bonchev–Trinajstić information content (AvgIpc) is 2.86. The maximum atomic E-state index is 14.4. The second kappa shape index (κ2) is 6.22. The van der Waals surface area contributed by atoms with Crippen molar-refractivity contribution in [3.63, 3.8) is 0 Å². The first-order chi connectivity index (χ1) is 12.7. The van der Waals surface area contributed by atoms with E-state index in [0.717, 1.165) is 12.1 Å². The van der Waals surface area contributed by atoms with Gasteiger partial charge in [0.15, 0.2) is 0 Å². The van der Waals surface area contributed by atoms with Crippen LogP contribution in [0.4, 0.5) is 17.6 Å². The number of nitrogens with zero attached hydrogens (tertiary/aromatic N) is 1. The van der Waals surface area contributed by atoms with Crippen LogP contribution in [-0.2, 0) is 6.42 Å². The normalized spacial score (nSPS) is 25.6. The molecule has 7 heteroatoms. The van der Waals surface area contributed by atoms with Gasteiger partial charge >= 0.3 is 0 Å². The third-order valence-electron chi connectivity index (χ3n) is 5.49. The predicted octanol–water partition coefficient (Wildman–Crippen LogP) is 5.51. The van der Waals surface area contributed by atoms with Gasteiger partial charge in [-0.3, -0.25) is 0 Å². The fourth-order valence-corrected chi connectivity index (χ4v) is 4.60. The highest BCUT2D eigenvalue weighted by atomic mass is 35.5. The third kappa shape index (κ3) is 2.72. The van der Waals surface area contributed by atoms with E-state index in [1.165, 1.54) is 6.07 Å². The van der Waals surface area contributed by atoms with Crippen molar-refractivity contribution in [1.82, 2.24) is 0 Å². The van der Waals surface area contributed by atoms with Gasteiger partial charge in [-0.05, 0) is 53.3 Å². The van der Waals surface area contributed by atoms with Crippen molar-refractivity contribution in [2.75, 3.05) is 0 Å². The summed E-state index contributed by atoms with van der Waals surface area (Å²) in [6, 6.07) is 6.99. The molecule has 3 atom stereocenters. The molecule has 1 N–H and O–H groups in total. The maximum absolute atomic E-state index is 14.4. The summed E-state index contributed by atoms with van der Waals surface area (Å²) in [5, 5.41) is 19.4. The number of rotatable bonds is 1. The summed E-state index contributed by atoms with van der Waals surface area (Å²) in [4.78, 5) is 0. The number of alkyl halides is 3. The zero-order valence-corrected chi connectivity index (χ0v) is 14.7. The number of hydrogen-bond donors (Lipinski definition) is 1. The van der Waals surface area contributed by atoms with E-state index in [2.05, 4.69) is 0 Å². The lowest BCUT2D eigenvalue weighted by Gasteiger charge is -2.30. The highest BCUT2D eigenvalue weighted by Crippen LogP contribution is 2.52. The molecule has 2 aromatic rings. The molecule has 0 fully saturated rings. The van der Waals surface area contributed by atoms with E-state index >= 15 is 0 Å². The third-order valence-corrected chi connectivity index (χ3v) is 5.82. The average molecular weight is 396 g/mol. The van der Waals surface area contributed by atoms with E-state index in [1.807, 2.05) is 6.07 Å². The summed E-state index contributed by atoms with van der Waals surface area (Å²) >= 11 is 6.05. The van der Waals surface area contributed by atoms with Crippen LogP contribution in [0.2, 0.25) is 5.02 Å². The first-order valence-electron chi connectivity index (χ1n) is 8.49. The van der Waals surface area contributed by atoms with E-state index in [0.29, 0.717) is 11.1 Å².